The van der Waals surface area contributed by atoms with E-state index in [1.54, 1.807) is 6.92 Å². The van der Waals surface area contributed by atoms with Crippen LogP contribution in [0.2, 0.25) is 0 Å². The summed E-state index contributed by atoms with van der Waals surface area (Å²) < 4.78 is 5.71. The quantitative estimate of drug-likeness (QED) is 0.865. The Balaban J connectivity index is 1.64. The normalized spacial score (nSPS) is 22.7. The Labute approximate surface area is 113 Å². The fraction of sp³-hybridized carbons (Fsp3) is 0.533. The van der Waals surface area contributed by atoms with Crippen LogP contribution in [-0.2, 0) is 11.2 Å². The van der Waals surface area contributed by atoms with E-state index < -0.39 is 6.10 Å². The molecule has 0 radical (unpaired) electrons. The number of nitrogens with two attached hydrogens (primary N) is 1. The van der Waals surface area contributed by atoms with E-state index in [1.165, 1.54) is 11.1 Å². The minimum atomic E-state index is -0.450. The van der Waals surface area contributed by atoms with E-state index in [2.05, 4.69) is 5.32 Å². The van der Waals surface area contributed by atoms with E-state index in [4.69, 9.17) is 10.5 Å². The SMILES string of the molecule is CC(Oc1ccc2c(c1)CC[C@H]2N)C(=O)NC1CC1. The molecule has 0 heterocycles. The number of amides is 1. The van der Waals surface area contributed by atoms with Crippen molar-refractivity contribution in [1.82, 2.24) is 5.32 Å². The molecule has 0 aromatic heterocycles. The first-order chi connectivity index (χ1) is 9.13. The summed E-state index contributed by atoms with van der Waals surface area (Å²) in [5.41, 5.74) is 8.46. The van der Waals surface area contributed by atoms with Gasteiger partial charge in [0.15, 0.2) is 6.10 Å². The summed E-state index contributed by atoms with van der Waals surface area (Å²) in [6.45, 7) is 1.79. The fourth-order valence-corrected chi connectivity index (χ4v) is 2.50. The average Bonchev–Trinajstić information content (AvgIpc) is 3.13. The molecule has 2 atom stereocenters. The highest BCUT2D eigenvalue weighted by Gasteiger charge is 2.26. The predicted octanol–water partition coefficient (Wildman–Crippen LogP) is 1.68. The highest BCUT2D eigenvalue weighted by atomic mass is 16.5. The van der Waals surface area contributed by atoms with Crippen LogP contribution >= 0.6 is 0 Å². The molecule has 0 spiro atoms. The standard InChI is InChI=1S/C15H20N2O2/c1-9(15(18)17-11-3-4-11)19-12-5-6-13-10(8-12)2-7-14(13)16/h5-6,8-9,11,14H,2-4,7,16H2,1H3,(H,17,18)/t9?,14-/m1/s1. The first-order valence-corrected chi connectivity index (χ1v) is 6.99. The fourth-order valence-electron chi connectivity index (χ4n) is 2.50. The zero-order valence-electron chi connectivity index (χ0n) is 11.2. The number of carbonyl (C=O) groups excluding carboxylic acids is 1. The predicted molar refractivity (Wildman–Crippen MR) is 72.9 cm³/mol. The molecule has 4 nitrogen and oxygen atoms in total. The Morgan fingerprint density at radius 3 is 2.95 bits per heavy atom. The molecule has 1 amide bonds. The third-order valence-electron chi connectivity index (χ3n) is 3.84. The minimum absolute atomic E-state index is 0.0281. The van der Waals surface area contributed by atoms with Crippen LogP contribution in [0.1, 0.15) is 43.4 Å². The van der Waals surface area contributed by atoms with Gasteiger partial charge >= 0.3 is 0 Å². The van der Waals surface area contributed by atoms with Crippen molar-refractivity contribution in [3.8, 4) is 5.75 Å². The number of hydrogen-bond acceptors (Lipinski definition) is 3. The third kappa shape index (κ3) is 2.73. The molecule has 3 N–H and O–H groups in total. The van der Waals surface area contributed by atoms with E-state index in [0.29, 0.717) is 6.04 Å². The summed E-state index contributed by atoms with van der Waals surface area (Å²) in [6.07, 6.45) is 3.73. The number of ether oxygens (including phenoxy) is 1. The van der Waals surface area contributed by atoms with Gasteiger partial charge in [0.05, 0.1) is 0 Å². The minimum Gasteiger partial charge on any atom is -0.481 e. The van der Waals surface area contributed by atoms with Crippen molar-refractivity contribution in [3.05, 3.63) is 29.3 Å². The molecule has 4 heteroatoms. The van der Waals surface area contributed by atoms with E-state index in [1.807, 2.05) is 18.2 Å². The molecule has 0 bridgehead atoms. The molecule has 1 unspecified atom stereocenters. The molecular formula is C15H20N2O2. The second-order valence-electron chi connectivity index (χ2n) is 5.55. The van der Waals surface area contributed by atoms with E-state index in [-0.39, 0.29) is 11.9 Å². The van der Waals surface area contributed by atoms with Crippen LogP contribution in [0.25, 0.3) is 0 Å². The van der Waals surface area contributed by atoms with Gasteiger partial charge in [0.1, 0.15) is 5.75 Å². The van der Waals surface area contributed by atoms with Crippen molar-refractivity contribution in [2.24, 2.45) is 5.73 Å². The summed E-state index contributed by atoms with van der Waals surface area (Å²) in [5, 5.41) is 2.95. The number of benzene rings is 1. The van der Waals surface area contributed by atoms with Crippen molar-refractivity contribution in [2.45, 2.75) is 50.8 Å². The summed E-state index contributed by atoms with van der Waals surface area (Å²) in [4.78, 5) is 11.8. The van der Waals surface area contributed by atoms with Gasteiger partial charge in [-0.05, 0) is 55.9 Å². The van der Waals surface area contributed by atoms with Crippen LogP contribution in [0.4, 0.5) is 0 Å². The first kappa shape index (κ1) is 12.5. The summed E-state index contributed by atoms with van der Waals surface area (Å²) in [7, 11) is 0. The van der Waals surface area contributed by atoms with E-state index >= 15 is 0 Å². The zero-order valence-corrected chi connectivity index (χ0v) is 11.2. The molecule has 102 valence electrons. The van der Waals surface area contributed by atoms with Gasteiger partial charge in [0.25, 0.3) is 5.91 Å². The van der Waals surface area contributed by atoms with E-state index in [9.17, 15) is 4.79 Å². The van der Waals surface area contributed by atoms with Gasteiger partial charge in [-0.25, -0.2) is 0 Å². The molecule has 0 saturated heterocycles. The Morgan fingerprint density at radius 2 is 2.21 bits per heavy atom. The number of nitrogens with one attached hydrogen (secondary N) is 1. The summed E-state index contributed by atoms with van der Waals surface area (Å²) in [5.74, 6) is 0.728. The molecule has 19 heavy (non-hydrogen) atoms. The lowest BCUT2D eigenvalue weighted by molar-refractivity contribution is -0.127. The molecule has 1 aromatic rings. The van der Waals surface area contributed by atoms with Crippen molar-refractivity contribution < 1.29 is 9.53 Å². The van der Waals surface area contributed by atoms with Crippen LogP contribution in [0.15, 0.2) is 18.2 Å². The number of aryl methyl sites for hydroxylation is 1. The van der Waals surface area contributed by atoms with Gasteiger partial charge in [0, 0.05) is 12.1 Å². The first-order valence-electron chi connectivity index (χ1n) is 6.99. The van der Waals surface area contributed by atoms with Crippen LogP contribution in [-0.4, -0.2) is 18.1 Å². The second kappa shape index (κ2) is 4.85. The highest BCUT2D eigenvalue weighted by Crippen LogP contribution is 2.32. The average molecular weight is 260 g/mol. The summed E-state index contributed by atoms with van der Waals surface area (Å²) >= 11 is 0. The maximum Gasteiger partial charge on any atom is 0.260 e. The molecule has 3 rings (SSSR count). The third-order valence-corrected chi connectivity index (χ3v) is 3.84. The lowest BCUT2D eigenvalue weighted by Gasteiger charge is -2.15. The number of fused-ring (bicyclic) bond motifs is 1. The Kier molecular flexibility index (Phi) is 3.19. The van der Waals surface area contributed by atoms with Gasteiger partial charge in [-0.2, -0.15) is 0 Å². The lowest BCUT2D eigenvalue weighted by atomic mass is 10.1. The van der Waals surface area contributed by atoms with Crippen LogP contribution in [0, 0.1) is 0 Å². The van der Waals surface area contributed by atoms with Gasteiger partial charge in [0.2, 0.25) is 0 Å². The smallest absolute Gasteiger partial charge is 0.260 e. The Hall–Kier alpha value is -1.55. The van der Waals surface area contributed by atoms with Crippen LogP contribution < -0.4 is 15.8 Å². The van der Waals surface area contributed by atoms with E-state index in [0.717, 1.165) is 31.4 Å². The zero-order chi connectivity index (χ0) is 13.4. The van der Waals surface area contributed by atoms with Crippen LogP contribution in [0.5, 0.6) is 5.75 Å². The van der Waals surface area contributed by atoms with Crippen molar-refractivity contribution in [3.63, 3.8) is 0 Å². The Morgan fingerprint density at radius 1 is 1.42 bits per heavy atom. The number of rotatable bonds is 4. The molecule has 1 fully saturated rings. The second-order valence-corrected chi connectivity index (χ2v) is 5.55. The highest BCUT2D eigenvalue weighted by molar-refractivity contribution is 5.81. The number of carbonyl (C=O) groups is 1. The molecule has 0 aliphatic heterocycles. The van der Waals surface area contributed by atoms with Crippen molar-refractivity contribution in [1.29, 1.82) is 0 Å². The maximum atomic E-state index is 11.8. The molecule has 2 aliphatic carbocycles. The Bertz CT molecular complexity index is 497. The van der Waals surface area contributed by atoms with Gasteiger partial charge in [-0.15, -0.1) is 0 Å². The molecule has 1 aromatic carbocycles. The lowest BCUT2D eigenvalue weighted by Crippen LogP contribution is -2.37. The topological polar surface area (TPSA) is 64.3 Å². The van der Waals surface area contributed by atoms with Gasteiger partial charge in [-0.1, -0.05) is 6.07 Å². The maximum absolute atomic E-state index is 11.8. The summed E-state index contributed by atoms with van der Waals surface area (Å²) in [6, 6.07) is 6.47. The molecule has 1 saturated carbocycles. The number of hydrogen-bond donors (Lipinski definition) is 2. The van der Waals surface area contributed by atoms with Crippen molar-refractivity contribution in [2.75, 3.05) is 0 Å². The molecular weight excluding hydrogens is 240 g/mol. The molecule has 2 aliphatic rings. The van der Waals surface area contributed by atoms with Gasteiger partial charge in [-0.3, -0.25) is 4.79 Å². The van der Waals surface area contributed by atoms with Gasteiger partial charge < -0.3 is 15.8 Å². The largest absolute Gasteiger partial charge is 0.481 e. The van der Waals surface area contributed by atoms with Crippen LogP contribution in [0.3, 0.4) is 0 Å². The van der Waals surface area contributed by atoms with Crippen molar-refractivity contribution >= 4 is 5.91 Å². The monoisotopic (exact) mass is 260 g/mol.